The van der Waals surface area contributed by atoms with Crippen LogP contribution in [0.1, 0.15) is 11.1 Å². The summed E-state index contributed by atoms with van der Waals surface area (Å²) >= 11 is 7.90. The fraction of sp³-hybridized carbons (Fsp3) is 0.111. The van der Waals surface area contributed by atoms with Gasteiger partial charge in [0.25, 0.3) is 5.91 Å². The van der Waals surface area contributed by atoms with Gasteiger partial charge in [0.05, 0.1) is 16.2 Å². The minimum atomic E-state index is -4.48. The van der Waals surface area contributed by atoms with E-state index in [4.69, 9.17) is 12.2 Å². The predicted octanol–water partition coefficient (Wildman–Crippen LogP) is 5.83. The van der Waals surface area contributed by atoms with Gasteiger partial charge in [0.2, 0.25) is 0 Å². The first kappa shape index (κ1) is 19.0. The van der Waals surface area contributed by atoms with Crippen LogP contribution in [0.5, 0.6) is 0 Å². The molecule has 2 nitrogen and oxygen atoms in total. The van der Waals surface area contributed by atoms with Crippen LogP contribution in [0.15, 0.2) is 58.3 Å². The van der Waals surface area contributed by atoms with Crippen molar-refractivity contribution in [3.63, 3.8) is 0 Å². The van der Waals surface area contributed by atoms with Crippen molar-refractivity contribution in [1.29, 1.82) is 0 Å². The minimum absolute atomic E-state index is 0.114. The van der Waals surface area contributed by atoms with E-state index >= 15 is 0 Å². The first-order chi connectivity index (χ1) is 12.3. The number of carbonyl (C=O) groups is 1. The number of hydrogen-bond acceptors (Lipinski definition) is 4. The molecule has 0 unspecified atom stereocenters. The zero-order chi connectivity index (χ0) is 18.9. The van der Waals surface area contributed by atoms with Crippen LogP contribution >= 0.6 is 35.7 Å². The average molecular weight is 411 g/mol. The Kier molecular flexibility index (Phi) is 5.45. The van der Waals surface area contributed by atoms with E-state index in [1.54, 1.807) is 17.8 Å². The Balaban J connectivity index is 1.90. The van der Waals surface area contributed by atoms with E-state index in [0.29, 0.717) is 4.91 Å². The van der Waals surface area contributed by atoms with Gasteiger partial charge in [-0.3, -0.25) is 9.69 Å². The van der Waals surface area contributed by atoms with Crippen molar-refractivity contribution in [2.45, 2.75) is 11.1 Å². The lowest BCUT2D eigenvalue weighted by Crippen LogP contribution is -2.27. The molecule has 2 aromatic carbocycles. The van der Waals surface area contributed by atoms with Gasteiger partial charge in [0.1, 0.15) is 0 Å². The van der Waals surface area contributed by atoms with Crippen LogP contribution in [0.25, 0.3) is 6.08 Å². The van der Waals surface area contributed by atoms with Gasteiger partial charge >= 0.3 is 6.18 Å². The molecule has 8 heteroatoms. The van der Waals surface area contributed by atoms with Crippen molar-refractivity contribution in [2.24, 2.45) is 0 Å². The van der Waals surface area contributed by atoms with Gasteiger partial charge < -0.3 is 0 Å². The Morgan fingerprint density at radius 3 is 2.46 bits per heavy atom. The van der Waals surface area contributed by atoms with Crippen molar-refractivity contribution in [3.05, 3.63) is 64.6 Å². The Labute approximate surface area is 162 Å². The third-order valence-electron chi connectivity index (χ3n) is 3.64. The van der Waals surface area contributed by atoms with Crippen molar-refractivity contribution in [3.8, 4) is 0 Å². The average Bonchev–Trinajstić information content (AvgIpc) is 2.88. The molecule has 0 radical (unpaired) electrons. The normalized spacial score (nSPS) is 16.6. The van der Waals surface area contributed by atoms with Crippen LogP contribution in [-0.2, 0) is 11.0 Å². The molecular weight excluding hydrogens is 399 g/mol. The largest absolute Gasteiger partial charge is 0.416 e. The number of carbonyl (C=O) groups excluding carboxylic acids is 1. The molecule has 1 fully saturated rings. The van der Waals surface area contributed by atoms with E-state index in [9.17, 15) is 18.0 Å². The van der Waals surface area contributed by atoms with Crippen LogP contribution in [0.2, 0.25) is 0 Å². The molecule has 1 heterocycles. The summed E-state index contributed by atoms with van der Waals surface area (Å²) < 4.78 is 39.0. The molecule has 3 rings (SSSR count). The fourth-order valence-electron chi connectivity index (χ4n) is 2.36. The molecule has 0 atom stereocenters. The molecule has 1 amide bonds. The lowest BCUT2D eigenvalue weighted by atomic mass is 10.1. The standard InChI is InChI=1S/C18H12F3NOS3/c1-25-14-7-5-11(6-8-14)9-15-16(23)22(17(24)26-15)13-4-2-3-12(10-13)18(19,20)21/h2-10H,1H3. The summed E-state index contributed by atoms with van der Waals surface area (Å²) in [7, 11) is 0. The van der Waals surface area contributed by atoms with E-state index in [1.165, 1.54) is 12.1 Å². The second-order valence-corrected chi connectivity index (χ2v) is 7.89. The molecule has 134 valence electrons. The Morgan fingerprint density at radius 1 is 1.15 bits per heavy atom. The third kappa shape index (κ3) is 3.97. The highest BCUT2D eigenvalue weighted by Gasteiger charge is 2.36. The monoisotopic (exact) mass is 411 g/mol. The quantitative estimate of drug-likeness (QED) is 0.359. The van der Waals surface area contributed by atoms with Gasteiger partial charge in [-0.25, -0.2) is 0 Å². The molecule has 0 spiro atoms. The summed E-state index contributed by atoms with van der Waals surface area (Å²) in [6, 6.07) is 12.2. The second kappa shape index (κ2) is 7.46. The summed E-state index contributed by atoms with van der Waals surface area (Å²) in [6.45, 7) is 0. The number of anilines is 1. The molecule has 1 aliphatic rings. The number of thiocarbonyl (C=S) groups is 1. The molecule has 2 aromatic rings. The number of benzene rings is 2. The maximum atomic E-state index is 12.9. The lowest BCUT2D eigenvalue weighted by Gasteiger charge is -2.16. The summed E-state index contributed by atoms with van der Waals surface area (Å²) in [6.07, 6.45) is -0.822. The second-order valence-electron chi connectivity index (χ2n) is 5.34. The molecule has 0 saturated carbocycles. The van der Waals surface area contributed by atoms with E-state index in [0.717, 1.165) is 39.3 Å². The van der Waals surface area contributed by atoms with Gasteiger partial charge in [-0.05, 0) is 48.2 Å². The van der Waals surface area contributed by atoms with Gasteiger partial charge in [0.15, 0.2) is 4.32 Å². The van der Waals surface area contributed by atoms with Crippen molar-refractivity contribution < 1.29 is 18.0 Å². The van der Waals surface area contributed by atoms with Crippen molar-refractivity contribution >= 4 is 57.7 Å². The Bertz CT molecular complexity index is 891. The summed E-state index contributed by atoms with van der Waals surface area (Å²) in [4.78, 5) is 15.3. The van der Waals surface area contributed by atoms with Crippen molar-refractivity contribution in [1.82, 2.24) is 0 Å². The number of hydrogen-bond donors (Lipinski definition) is 0. The number of thioether (sulfide) groups is 2. The number of rotatable bonds is 3. The molecule has 0 bridgehead atoms. The molecule has 1 saturated heterocycles. The predicted molar refractivity (Wildman–Crippen MR) is 105 cm³/mol. The highest BCUT2D eigenvalue weighted by Crippen LogP contribution is 2.38. The molecule has 0 N–H and O–H groups in total. The lowest BCUT2D eigenvalue weighted by molar-refractivity contribution is -0.137. The molecule has 0 aliphatic carbocycles. The Hall–Kier alpha value is -1.77. The zero-order valence-electron chi connectivity index (χ0n) is 13.4. The van der Waals surface area contributed by atoms with Crippen LogP contribution in [0.3, 0.4) is 0 Å². The zero-order valence-corrected chi connectivity index (χ0v) is 15.9. The summed E-state index contributed by atoms with van der Waals surface area (Å²) in [5.74, 6) is -0.423. The van der Waals surface area contributed by atoms with Crippen LogP contribution < -0.4 is 4.90 Å². The number of alkyl halides is 3. The number of halogens is 3. The fourth-order valence-corrected chi connectivity index (χ4v) is 4.07. The third-order valence-corrected chi connectivity index (χ3v) is 5.68. The first-order valence-corrected chi connectivity index (χ1v) is 9.84. The van der Waals surface area contributed by atoms with Crippen LogP contribution in [-0.4, -0.2) is 16.5 Å². The molecular formula is C18H12F3NOS3. The van der Waals surface area contributed by atoms with Crippen LogP contribution in [0, 0.1) is 0 Å². The maximum absolute atomic E-state index is 12.9. The van der Waals surface area contributed by atoms with E-state index in [1.807, 2.05) is 30.5 Å². The smallest absolute Gasteiger partial charge is 0.268 e. The first-order valence-electron chi connectivity index (χ1n) is 7.39. The molecule has 26 heavy (non-hydrogen) atoms. The van der Waals surface area contributed by atoms with Crippen molar-refractivity contribution in [2.75, 3.05) is 11.2 Å². The number of amides is 1. The highest BCUT2D eigenvalue weighted by molar-refractivity contribution is 8.27. The topological polar surface area (TPSA) is 20.3 Å². The summed E-state index contributed by atoms with van der Waals surface area (Å²) in [5.41, 5.74) is 0.122. The highest BCUT2D eigenvalue weighted by atomic mass is 32.2. The van der Waals surface area contributed by atoms with Gasteiger partial charge in [-0.15, -0.1) is 11.8 Å². The van der Waals surface area contributed by atoms with Gasteiger partial charge in [-0.2, -0.15) is 13.2 Å². The molecule has 0 aromatic heterocycles. The van der Waals surface area contributed by atoms with E-state index < -0.39 is 17.6 Å². The van der Waals surface area contributed by atoms with Gasteiger partial charge in [0, 0.05) is 4.90 Å². The minimum Gasteiger partial charge on any atom is -0.268 e. The summed E-state index contributed by atoms with van der Waals surface area (Å²) in [5, 5.41) is 0. The van der Waals surface area contributed by atoms with Gasteiger partial charge in [-0.1, -0.05) is 42.2 Å². The van der Waals surface area contributed by atoms with E-state index in [2.05, 4.69) is 0 Å². The number of nitrogens with zero attached hydrogens (tertiary/aromatic N) is 1. The maximum Gasteiger partial charge on any atom is 0.416 e. The van der Waals surface area contributed by atoms with Crippen LogP contribution in [0.4, 0.5) is 18.9 Å². The van der Waals surface area contributed by atoms with E-state index in [-0.39, 0.29) is 10.0 Å². The SMILES string of the molecule is CSc1ccc(C=C2SC(=S)N(c3cccc(C(F)(F)F)c3)C2=O)cc1. The molecule has 1 aliphatic heterocycles. The Morgan fingerprint density at radius 2 is 1.85 bits per heavy atom.